The Kier molecular flexibility index (Phi) is 5.38. The summed E-state index contributed by atoms with van der Waals surface area (Å²) >= 11 is 0. The largest absolute Gasteiger partial charge is 0.496 e. The molecule has 1 N–H and O–H groups in total. The van der Waals surface area contributed by atoms with Crippen molar-refractivity contribution in [2.45, 2.75) is 46.6 Å². The molecule has 2 aromatic rings. The van der Waals surface area contributed by atoms with Gasteiger partial charge in [0.1, 0.15) is 5.75 Å². The molecule has 0 radical (unpaired) electrons. The van der Waals surface area contributed by atoms with Gasteiger partial charge in [0.05, 0.1) is 24.5 Å². The maximum atomic E-state index is 13.6. The maximum Gasteiger partial charge on any atom is 0.230 e. The summed E-state index contributed by atoms with van der Waals surface area (Å²) in [7, 11) is 1.62. The van der Waals surface area contributed by atoms with Crippen LogP contribution in [0.2, 0.25) is 0 Å². The lowest BCUT2D eigenvalue weighted by Gasteiger charge is -2.38. The van der Waals surface area contributed by atoms with Crippen molar-refractivity contribution < 1.29 is 14.3 Å². The highest BCUT2D eigenvalue weighted by molar-refractivity contribution is 6.06. The fourth-order valence-corrected chi connectivity index (χ4v) is 4.69. The van der Waals surface area contributed by atoms with Gasteiger partial charge in [0.2, 0.25) is 5.91 Å². The third-order valence-electron chi connectivity index (χ3n) is 6.07. The smallest absolute Gasteiger partial charge is 0.230 e. The first kappa shape index (κ1) is 21.2. The molecule has 0 saturated carbocycles. The van der Waals surface area contributed by atoms with Crippen molar-refractivity contribution in [2.75, 3.05) is 17.3 Å². The fourth-order valence-electron chi connectivity index (χ4n) is 4.69. The molecule has 0 aromatic heterocycles. The highest BCUT2D eigenvalue weighted by atomic mass is 16.5. The summed E-state index contributed by atoms with van der Waals surface area (Å²) < 4.78 is 5.68. The lowest BCUT2D eigenvalue weighted by molar-refractivity contribution is -0.122. The molecule has 0 unspecified atom stereocenters. The number of para-hydroxylation sites is 3. The van der Waals surface area contributed by atoms with Crippen LogP contribution < -0.4 is 15.0 Å². The molecule has 5 nitrogen and oxygen atoms in total. The Bertz CT molecular complexity index is 1070. The number of carbonyl (C=O) groups excluding carboxylic acids is 2. The number of amides is 1. The first-order valence-electron chi connectivity index (χ1n) is 10.8. The van der Waals surface area contributed by atoms with Crippen LogP contribution in [0.3, 0.4) is 0 Å². The van der Waals surface area contributed by atoms with Gasteiger partial charge in [-0.2, -0.15) is 0 Å². The van der Waals surface area contributed by atoms with Gasteiger partial charge in [0.15, 0.2) is 5.78 Å². The van der Waals surface area contributed by atoms with Crippen LogP contribution in [0.1, 0.15) is 52.1 Å². The van der Waals surface area contributed by atoms with Crippen molar-refractivity contribution in [3.63, 3.8) is 0 Å². The number of Topliss-reactive ketones (excluding diaryl/α,β-unsaturated/α-hetero) is 1. The Morgan fingerprint density at radius 2 is 1.77 bits per heavy atom. The van der Waals surface area contributed by atoms with E-state index < -0.39 is 6.04 Å². The van der Waals surface area contributed by atoms with Crippen molar-refractivity contribution >= 4 is 23.1 Å². The quantitative estimate of drug-likeness (QED) is 0.716. The number of ether oxygens (including phenoxy) is 1. The molecule has 0 bridgehead atoms. The van der Waals surface area contributed by atoms with E-state index in [-0.39, 0.29) is 23.0 Å². The Labute approximate surface area is 184 Å². The number of benzene rings is 2. The number of hydrogen-bond donors (Lipinski definition) is 1. The number of ketones is 1. The van der Waals surface area contributed by atoms with Crippen molar-refractivity contribution in [3.05, 3.63) is 65.4 Å². The fraction of sp³-hybridized carbons (Fsp3) is 0.385. The molecule has 4 rings (SSSR count). The number of anilines is 2. The number of nitrogens with zero attached hydrogens (tertiary/aromatic N) is 1. The van der Waals surface area contributed by atoms with Crippen LogP contribution >= 0.6 is 0 Å². The molecular formula is C26H30N2O3. The van der Waals surface area contributed by atoms with Crippen molar-refractivity contribution in [1.82, 2.24) is 0 Å². The summed E-state index contributed by atoms with van der Waals surface area (Å²) in [4.78, 5) is 29.0. The minimum atomic E-state index is -0.555. The average Bonchev–Trinajstić information content (AvgIpc) is 2.86. The molecule has 1 aliphatic carbocycles. The molecule has 2 aliphatic rings. The predicted molar refractivity (Wildman–Crippen MR) is 123 cm³/mol. The molecular weight excluding hydrogens is 388 g/mol. The zero-order valence-corrected chi connectivity index (χ0v) is 18.9. The second-order valence-corrected chi connectivity index (χ2v) is 9.48. The summed E-state index contributed by atoms with van der Waals surface area (Å²) in [6.07, 6.45) is 1.18. The predicted octanol–water partition coefficient (Wildman–Crippen LogP) is 5.49. The minimum Gasteiger partial charge on any atom is -0.496 e. The first-order chi connectivity index (χ1) is 14.7. The van der Waals surface area contributed by atoms with Crippen LogP contribution in [-0.2, 0) is 9.59 Å². The van der Waals surface area contributed by atoms with E-state index in [0.717, 1.165) is 29.1 Å². The molecule has 1 atom stereocenters. The van der Waals surface area contributed by atoms with E-state index in [2.05, 4.69) is 19.2 Å². The average molecular weight is 419 g/mol. The van der Waals surface area contributed by atoms with Gasteiger partial charge in [-0.15, -0.1) is 0 Å². The second kappa shape index (κ2) is 7.88. The van der Waals surface area contributed by atoms with Gasteiger partial charge in [0.25, 0.3) is 0 Å². The van der Waals surface area contributed by atoms with Crippen LogP contribution in [0, 0.1) is 11.3 Å². The summed E-state index contributed by atoms with van der Waals surface area (Å²) in [5, 5.41) is 3.53. The minimum absolute atomic E-state index is 0.0310. The normalized spacial score (nSPS) is 20.0. The number of hydrogen-bond acceptors (Lipinski definition) is 4. The highest BCUT2D eigenvalue weighted by Crippen LogP contribution is 2.49. The van der Waals surface area contributed by atoms with E-state index in [0.29, 0.717) is 17.7 Å². The van der Waals surface area contributed by atoms with Gasteiger partial charge in [-0.1, -0.05) is 58.0 Å². The van der Waals surface area contributed by atoms with E-state index in [4.69, 9.17) is 4.74 Å². The topological polar surface area (TPSA) is 58.6 Å². The SMILES string of the molecule is COc1ccccc1[C@H]1C2=C(CC(C)(C)CC2=O)Nc2ccccc2N1C(=O)C(C)C. The monoisotopic (exact) mass is 418 g/mol. The lowest BCUT2D eigenvalue weighted by Crippen LogP contribution is -2.41. The van der Waals surface area contributed by atoms with Gasteiger partial charge >= 0.3 is 0 Å². The van der Waals surface area contributed by atoms with Crippen LogP contribution in [0.15, 0.2) is 59.8 Å². The van der Waals surface area contributed by atoms with Crippen molar-refractivity contribution in [2.24, 2.45) is 11.3 Å². The molecule has 31 heavy (non-hydrogen) atoms. The zero-order valence-electron chi connectivity index (χ0n) is 18.9. The Hall–Kier alpha value is -3.08. The highest BCUT2D eigenvalue weighted by Gasteiger charge is 2.44. The third kappa shape index (κ3) is 3.73. The summed E-state index contributed by atoms with van der Waals surface area (Å²) in [6.45, 7) is 8.01. The molecule has 1 aliphatic heterocycles. The lowest BCUT2D eigenvalue weighted by atomic mass is 9.73. The standard InChI is InChI=1S/C26H30N2O3/c1-16(2)25(30)28-20-12-8-7-11-18(20)27-19-14-26(3,4)15-21(29)23(19)24(28)17-10-6-9-13-22(17)31-5/h6-13,16,24,27H,14-15H2,1-5H3/t24-/m0/s1. The number of methoxy groups -OCH3 is 1. The number of rotatable bonds is 3. The van der Waals surface area contributed by atoms with Crippen LogP contribution in [0.25, 0.3) is 0 Å². The number of allylic oxidation sites excluding steroid dienone is 1. The second-order valence-electron chi connectivity index (χ2n) is 9.48. The number of carbonyl (C=O) groups is 2. The molecule has 0 spiro atoms. The van der Waals surface area contributed by atoms with Gasteiger partial charge in [-0.3, -0.25) is 14.5 Å². The van der Waals surface area contributed by atoms with Gasteiger partial charge in [0, 0.05) is 29.2 Å². The number of nitrogens with one attached hydrogen (secondary N) is 1. The third-order valence-corrected chi connectivity index (χ3v) is 6.07. The maximum absolute atomic E-state index is 13.6. The molecule has 162 valence electrons. The zero-order chi connectivity index (χ0) is 22.3. The first-order valence-corrected chi connectivity index (χ1v) is 10.8. The molecule has 0 fully saturated rings. The van der Waals surface area contributed by atoms with E-state index in [1.807, 2.05) is 62.4 Å². The van der Waals surface area contributed by atoms with E-state index in [1.165, 1.54) is 0 Å². The summed E-state index contributed by atoms with van der Waals surface area (Å²) in [6, 6.07) is 14.9. The molecule has 5 heteroatoms. The van der Waals surface area contributed by atoms with Crippen LogP contribution in [0.4, 0.5) is 11.4 Å². The van der Waals surface area contributed by atoms with E-state index in [1.54, 1.807) is 12.0 Å². The van der Waals surface area contributed by atoms with Gasteiger partial charge in [-0.05, 0) is 30.0 Å². The number of fused-ring (bicyclic) bond motifs is 1. The van der Waals surface area contributed by atoms with Gasteiger partial charge < -0.3 is 10.1 Å². The van der Waals surface area contributed by atoms with Crippen molar-refractivity contribution in [3.8, 4) is 5.75 Å². The van der Waals surface area contributed by atoms with E-state index >= 15 is 0 Å². The molecule has 2 aromatic carbocycles. The van der Waals surface area contributed by atoms with E-state index in [9.17, 15) is 9.59 Å². The summed E-state index contributed by atoms with van der Waals surface area (Å²) in [5.41, 5.74) is 3.83. The van der Waals surface area contributed by atoms with Gasteiger partial charge in [-0.25, -0.2) is 0 Å². The summed E-state index contributed by atoms with van der Waals surface area (Å²) in [5.74, 6) is 0.473. The van der Waals surface area contributed by atoms with Crippen LogP contribution in [-0.4, -0.2) is 18.8 Å². The van der Waals surface area contributed by atoms with Crippen LogP contribution in [0.5, 0.6) is 5.75 Å². The molecule has 1 heterocycles. The van der Waals surface area contributed by atoms with Crippen molar-refractivity contribution in [1.29, 1.82) is 0 Å². The Morgan fingerprint density at radius 3 is 2.48 bits per heavy atom. The Morgan fingerprint density at radius 1 is 1.10 bits per heavy atom. The Balaban J connectivity index is 2.06. The molecule has 1 amide bonds. The molecule has 0 saturated heterocycles.